The summed E-state index contributed by atoms with van der Waals surface area (Å²) in [4.78, 5) is 28.8. The molecule has 0 bridgehead atoms. The van der Waals surface area contributed by atoms with Crippen LogP contribution in [-0.4, -0.2) is 42.9 Å². The number of nitrogens with zero attached hydrogens (tertiary/aromatic N) is 1. The third-order valence-corrected chi connectivity index (χ3v) is 6.25. The summed E-state index contributed by atoms with van der Waals surface area (Å²) in [6.07, 6.45) is 2.72. The van der Waals surface area contributed by atoms with Gasteiger partial charge in [-0.05, 0) is 68.0 Å². The largest absolute Gasteiger partial charge is 0.352 e. The summed E-state index contributed by atoms with van der Waals surface area (Å²) in [5.74, 6) is -0.318. The maximum atomic E-state index is 12.5. The molecule has 0 saturated heterocycles. The maximum Gasteiger partial charge on any atom is 0.262 e. The lowest BCUT2D eigenvalue weighted by molar-refractivity contribution is -0.112. The first-order valence-corrected chi connectivity index (χ1v) is 11.3. The van der Waals surface area contributed by atoms with Gasteiger partial charge < -0.3 is 15.5 Å². The molecule has 0 radical (unpaired) electrons. The summed E-state index contributed by atoms with van der Waals surface area (Å²) < 4.78 is 0. The Morgan fingerprint density at radius 3 is 2.73 bits per heavy atom. The molecule has 2 aromatic rings. The Bertz CT molecular complexity index is 957. The normalized spacial score (nSPS) is 14.5. The van der Waals surface area contributed by atoms with Gasteiger partial charge in [-0.2, -0.15) is 0 Å². The summed E-state index contributed by atoms with van der Waals surface area (Å²) in [5, 5.41) is 6.47. The third-order valence-electron chi connectivity index (χ3n) is 4.91. The van der Waals surface area contributed by atoms with Crippen molar-refractivity contribution in [2.45, 2.75) is 25.2 Å². The number of halogens is 1. The van der Waals surface area contributed by atoms with Crippen LogP contribution in [0.2, 0.25) is 5.02 Å². The highest BCUT2D eigenvalue weighted by Gasteiger charge is 2.22. The zero-order valence-electron chi connectivity index (χ0n) is 17.2. The van der Waals surface area contributed by atoms with E-state index in [4.69, 9.17) is 11.6 Å². The van der Waals surface area contributed by atoms with Gasteiger partial charge in [-0.25, -0.2) is 0 Å². The average Bonchev–Trinajstić information content (AvgIpc) is 2.74. The lowest BCUT2D eigenvalue weighted by Crippen LogP contribution is -2.30. The number of fused-ring (bicyclic) bond motifs is 1. The van der Waals surface area contributed by atoms with E-state index in [1.54, 1.807) is 18.2 Å². The predicted molar refractivity (Wildman–Crippen MR) is 125 cm³/mol. The van der Waals surface area contributed by atoms with Gasteiger partial charge in [-0.1, -0.05) is 49.3 Å². The molecule has 0 saturated carbocycles. The molecule has 30 heavy (non-hydrogen) atoms. The highest BCUT2D eigenvalue weighted by molar-refractivity contribution is 8.04. The second-order valence-electron chi connectivity index (χ2n) is 6.97. The Morgan fingerprint density at radius 2 is 2.00 bits per heavy atom. The van der Waals surface area contributed by atoms with Crippen LogP contribution >= 0.6 is 23.4 Å². The van der Waals surface area contributed by atoms with Gasteiger partial charge in [0.2, 0.25) is 0 Å². The monoisotopic (exact) mass is 443 g/mol. The first-order chi connectivity index (χ1) is 14.5. The molecule has 0 unspecified atom stereocenters. The van der Waals surface area contributed by atoms with E-state index < -0.39 is 0 Å². The van der Waals surface area contributed by atoms with Crippen molar-refractivity contribution in [2.75, 3.05) is 31.5 Å². The van der Waals surface area contributed by atoms with Crippen LogP contribution < -0.4 is 10.6 Å². The van der Waals surface area contributed by atoms with Crippen LogP contribution in [0.15, 0.2) is 52.3 Å². The fourth-order valence-corrected chi connectivity index (χ4v) is 4.33. The molecule has 1 heterocycles. The average molecular weight is 444 g/mol. The molecular weight excluding hydrogens is 418 g/mol. The summed E-state index contributed by atoms with van der Waals surface area (Å²) >= 11 is 7.41. The standard InChI is InChI=1S/C23H26ClN3O2S/c1-3-27(4-2)12-6-11-25-22(28)17-9-10-20-19(15-17)26-23(29)21(30-20)14-16-7-5-8-18(24)13-16/h5,7-10,13-15H,3-4,6,11-12H2,1-2H3,(H,25,28)(H,26,29). The van der Waals surface area contributed by atoms with Crippen molar-refractivity contribution in [3.05, 3.63) is 63.5 Å². The maximum absolute atomic E-state index is 12.5. The quantitative estimate of drug-likeness (QED) is 0.450. The lowest BCUT2D eigenvalue weighted by Gasteiger charge is -2.20. The number of rotatable bonds is 8. The lowest BCUT2D eigenvalue weighted by atomic mass is 10.1. The van der Waals surface area contributed by atoms with Crippen LogP contribution in [0.3, 0.4) is 0 Å². The molecule has 2 aromatic carbocycles. The van der Waals surface area contributed by atoms with Crippen LogP contribution in [-0.2, 0) is 4.79 Å². The molecule has 2 amide bonds. The van der Waals surface area contributed by atoms with E-state index >= 15 is 0 Å². The van der Waals surface area contributed by atoms with E-state index in [-0.39, 0.29) is 11.8 Å². The Balaban J connectivity index is 1.63. The molecule has 1 aliphatic heterocycles. The van der Waals surface area contributed by atoms with Crippen LogP contribution in [0.1, 0.15) is 36.2 Å². The Morgan fingerprint density at radius 1 is 1.20 bits per heavy atom. The van der Waals surface area contributed by atoms with Crippen molar-refractivity contribution in [1.82, 2.24) is 10.2 Å². The Hall–Kier alpha value is -2.28. The third kappa shape index (κ3) is 5.88. The zero-order chi connectivity index (χ0) is 21.5. The molecule has 3 rings (SSSR count). The molecule has 0 aromatic heterocycles. The van der Waals surface area contributed by atoms with Crippen molar-refractivity contribution in [1.29, 1.82) is 0 Å². The predicted octanol–water partition coefficient (Wildman–Crippen LogP) is 4.89. The molecular formula is C23H26ClN3O2S. The molecule has 0 fully saturated rings. The second-order valence-corrected chi connectivity index (χ2v) is 8.49. The second kappa shape index (κ2) is 10.7. The number of carbonyl (C=O) groups is 2. The summed E-state index contributed by atoms with van der Waals surface area (Å²) in [6, 6.07) is 12.7. The smallest absolute Gasteiger partial charge is 0.262 e. The molecule has 1 aliphatic rings. The molecule has 158 valence electrons. The number of amides is 2. The summed E-state index contributed by atoms with van der Waals surface area (Å²) in [5.41, 5.74) is 2.06. The van der Waals surface area contributed by atoms with E-state index in [2.05, 4.69) is 29.4 Å². The first-order valence-electron chi connectivity index (χ1n) is 10.1. The fourth-order valence-electron chi connectivity index (χ4n) is 3.20. The van der Waals surface area contributed by atoms with Gasteiger partial charge in [0.25, 0.3) is 11.8 Å². The number of nitrogens with one attached hydrogen (secondary N) is 2. The molecule has 0 spiro atoms. The summed E-state index contributed by atoms with van der Waals surface area (Å²) in [7, 11) is 0. The van der Waals surface area contributed by atoms with E-state index in [0.29, 0.717) is 27.7 Å². The van der Waals surface area contributed by atoms with Gasteiger partial charge in [0.1, 0.15) is 0 Å². The Labute approximate surface area is 186 Å². The van der Waals surface area contributed by atoms with Crippen LogP contribution in [0.4, 0.5) is 5.69 Å². The minimum atomic E-state index is -0.191. The van der Waals surface area contributed by atoms with Crippen molar-refractivity contribution in [3.8, 4) is 0 Å². The molecule has 5 nitrogen and oxygen atoms in total. The number of anilines is 1. The van der Waals surface area contributed by atoms with Gasteiger partial charge in [0.05, 0.1) is 10.6 Å². The van der Waals surface area contributed by atoms with Gasteiger partial charge in [-0.3, -0.25) is 9.59 Å². The zero-order valence-corrected chi connectivity index (χ0v) is 18.8. The van der Waals surface area contributed by atoms with Crippen LogP contribution in [0.5, 0.6) is 0 Å². The van der Waals surface area contributed by atoms with Gasteiger partial charge in [0, 0.05) is 22.0 Å². The van der Waals surface area contributed by atoms with Crippen LogP contribution in [0.25, 0.3) is 6.08 Å². The molecule has 2 N–H and O–H groups in total. The molecule has 0 aliphatic carbocycles. The fraction of sp³-hybridized carbons (Fsp3) is 0.304. The van der Waals surface area contributed by atoms with Crippen molar-refractivity contribution in [3.63, 3.8) is 0 Å². The van der Waals surface area contributed by atoms with Crippen LogP contribution in [0, 0.1) is 0 Å². The molecule has 7 heteroatoms. The van der Waals surface area contributed by atoms with E-state index in [0.717, 1.165) is 36.5 Å². The summed E-state index contributed by atoms with van der Waals surface area (Å²) in [6.45, 7) is 7.89. The minimum Gasteiger partial charge on any atom is -0.352 e. The van der Waals surface area contributed by atoms with Gasteiger partial charge in [-0.15, -0.1) is 0 Å². The topological polar surface area (TPSA) is 61.4 Å². The first kappa shape index (κ1) is 22.4. The number of benzene rings is 2. The highest BCUT2D eigenvalue weighted by Crippen LogP contribution is 2.39. The van der Waals surface area contributed by atoms with E-state index in [1.807, 2.05) is 30.3 Å². The number of hydrogen-bond donors (Lipinski definition) is 2. The number of carbonyl (C=O) groups excluding carboxylic acids is 2. The van der Waals surface area contributed by atoms with Crippen molar-refractivity contribution >= 4 is 46.9 Å². The SMILES string of the molecule is CCN(CC)CCCNC(=O)c1ccc2c(c1)NC(=O)C(=Cc1cccc(Cl)c1)S2. The van der Waals surface area contributed by atoms with Crippen molar-refractivity contribution in [2.24, 2.45) is 0 Å². The minimum absolute atomic E-state index is 0.128. The number of hydrogen-bond acceptors (Lipinski definition) is 4. The van der Waals surface area contributed by atoms with Crippen molar-refractivity contribution < 1.29 is 9.59 Å². The van der Waals surface area contributed by atoms with Gasteiger partial charge >= 0.3 is 0 Å². The Kier molecular flexibility index (Phi) is 7.96. The van der Waals surface area contributed by atoms with E-state index in [9.17, 15) is 9.59 Å². The molecule has 0 atom stereocenters. The number of thioether (sulfide) groups is 1. The van der Waals surface area contributed by atoms with E-state index in [1.165, 1.54) is 11.8 Å². The highest BCUT2D eigenvalue weighted by atomic mass is 35.5. The van der Waals surface area contributed by atoms with Gasteiger partial charge in [0.15, 0.2) is 0 Å².